The summed E-state index contributed by atoms with van der Waals surface area (Å²) in [6.07, 6.45) is 0. The largest absolute Gasteiger partial charge is 0.298 e. The van der Waals surface area contributed by atoms with Crippen LogP contribution in [0.3, 0.4) is 0 Å². The fourth-order valence-corrected chi connectivity index (χ4v) is 4.18. The van der Waals surface area contributed by atoms with Gasteiger partial charge in [0.05, 0.1) is 17.7 Å². The predicted octanol–water partition coefficient (Wildman–Crippen LogP) is 1.65. The molecule has 0 bridgehead atoms. The molecule has 0 saturated carbocycles. The van der Waals surface area contributed by atoms with Crippen molar-refractivity contribution < 1.29 is 24.0 Å². The highest BCUT2D eigenvalue weighted by molar-refractivity contribution is 6.33. The molecule has 0 radical (unpaired) electrons. The molecule has 33 heavy (non-hydrogen) atoms. The summed E-state index contributed by atoms with van der Waals surface area (Å²) in [5.74, 6) is -4.60. The van der Waals surface area contributed by atoms with E-state index in [0.717, 1.165) is 4.90 Å². The third-order valence-electron chi connectivity index (χ3n) is 5.69. The molecule has 3 aliphatic rings. The van der Waals surface area contributed by atoms with Crippen LogP contribution >= 0.6 is 0 Å². The Balaban J connectivity index is 1.76. The average molecular weight is 434 g/mol. The number of Topliss-reactive ketones (excluding diaryl/α,β-unsaturated/α-hetero) is 2. The molecule has 2 heterocycles. The third kappa shape index (κ3) is 2.54. The van der Waals surface area contributed by atoms with Crippen LogP contribution in [0.25, 0.3) is 0 Å². The average Bonchev–Trinajstić information content (AvgIpc) is 3.28. The molecule has 1 aliphatic carbocycles. The van der Waals surface area contributed by atoms with E-state index in [-0.39, 0.29) is 23.2 Å². The lowest BCUT2D eigenvalue weighted by atomic mass is 9.90. The lowest BCUT2D eigenvalue weighted by molar-refractivity contribution is -0.117. The van der Waals surface area contributed by atoms with Gasteiger partial charge >= 0.3 is 0 Å². The second kappa shape index (κ2) is 6.94. The molecule has 2 aromatic rings. The number of imide groups is 1. The maximum absolute atomic E-state index is 13.3. The number of carbonyl (C=O) groups excluding carboxylic acids is 5. The SMILES string of the molecule is N#CC1=C(C#N)C(=O)C(N2C(=O)c3ccccc3C2=O)=C(N2Cc3ccccc3C2=O)C1=O. The lowest BCUT2D eigenvalue weighted by Gasteiger charge is -2.28. The van der Waals surface area contributed by atoms with Crippen LogP contribution < -0.4 is 0 Å². The molecule has 2 aliphatic heterocycles. The van der Waals surface area contributed by atoms with Crippen LogP contribution in [0.5, 0.6) is 0 Å². The molecule has 156 valence electrons. The van der Waals surface area contributed by atoms with E-state index in [1.807, 2.05) is 0 Å². The van der Waals surface area contributed by atoms with Crippen molar-refractivity contribution >= 4 is 29.3 Å². The van der Waals surface area contributed by atoms with Crippen LogP contribution in [-0.2, 0) is 16.1 Å². The zero-order chi connectivity index (χ0) is 23.4. The van der Waals surface area contributed by atoms with Crippen molar-refractivity contribution in [1.29, 1.82) is 10.5 Å². The Labute approximate surface area is 186 Å². The summed E-state index contributed by atoms with van der Waals surface area (Å²) in [6, 6.07) is 15.4. The molecule has 0 aromatic heterocycles. The lowest BCUT2D eigenvalue weighted by Crippen LogP contribution is -2.43. The molecule has 3 amide bonds. The van der Waals surface area contributed by atoms with Crippen LogP contribution in [0.4, 0.5) is 0 Å². The van der Waals surface area contributed by atoms with Gasteiger partial charge in [0.25, 0.3) is 17.7 Å². The van der Waals surface area contributed by atoms with Gasteiger partial charge in [-0.2, -0.15) is 10.5 Å². The predicted molar refractivity (Wildman–Crippen MR) is 109 cm³/mol. The molecule has 0 atom stereocenters. The first-order chi connectivity index (χ1) is 15.9. The van der Waals surface area contributed by atoms with Crippen LogP contribution in [0.1, 0.15) is 36.6 Å². The van der Waals surface area contributed by atoms with E-state index in [0.29, 0.717) is 10.5 Å². The van der Waals surface area contributed by atoms with Crippen molar-refractivity contribution in [2.24, 2.45) is 0 Å². The Kier molecular flexibility index (Phi) is 4.16. The highest BCUT2D eigenvalue weighted by atomic mass is 16.2. The zero-order valence-electron chi connectivity index (χ0n) is 16.7. The van der Waals surface area contributed by atoms with Crippen molar-refractivity contribution in [2.45, 2.75) is 6.54 Å². The molecule has 0 spiro atoms. The van der Waals surface area contributed by atoms with Crippen molar-refractivity contribution in [3.05, 3.63) is 93.3 Å². The number of hydrogen-bond acceptors (Lipinski definition) is 7. The second-order valence-corrected chi connectivity index (χ2v) is 7.37. The summed E-state index contributed by atoms with van der Waals surface area (Å²) >= 11 is 0. The van der Waals surface area contributed by atoms with Gasteiger partial charge in [0.15, 0.2) is 0 Å². The number of hydrogen-bond donors (Lipinski definition) is 0. The van der Waals surface area contributed by atoms with Crippen molar-refractivity contribution in [3.63, 3.8) is 0 Å². The Bertz CT molecular complexity index is 1480. The fraction of sp³-hybridized carbons (Fsp3) is 0.0417. The minimum Gasteiger partial charge on any atom is -0.298 e. The smallest absolute Gasteiger partial charge is 0.266 e. The summed E-state index contributed by atoms with van der Waals surface area (Å²) in [6.45, 7) is -0.114. The maximum Gasteiger partial charge on any atom is 0.266 e. The molecule has 9 nitrogen and oxygen atoms in total. The van der Waals surface area contributed by atoms with E-state index >= 15 is 0 Å². The molecule has 5 rings (SSSR count). The van der Waals surface area contributed by atoms with Crippen LogP contribution in [-0.4, -0.2) is 39.1 Å². The molecule has 0 saturated heterocycles. The number of benzene rings is 2. The number of allylic oxidation sites excluding steroid dienone is 2. The van der Waals surface area contributed by atoms with E-state index in [1.54, 1.807) is 24.3 Å². The zero-order valence-corrected chi connectivity index (χ0v) is 16.7. The topological polar surface area (TPSA) is 139 Å². The van der Waals surface area contributed by atoms with E-state index in [1.165, 1.54) is 36.4 Å². The van der Waals surface area contributed by atoms with E-state index in [9.17, 15) is 34.5 Å². The van der Waals surface area contributed by atoms with Crippen molar-refractivity contribution in [2.75, 3.05) is 0 Å². The van der Waals surface area contributed by atoms with Crippen LogP contribution in [0.2, 0.25) is 0 Å². The number of carbonyl (C=O) groups is 5. The van der Waals surface area contributed by atoms with Gasteiger partial charge in [-0.3, -0.25) is 28.9 Å². The van der Waals surface area contributed by atoms with Gasteiger partial charge in [-0.15, -0.1) is 0 Å². The quantitative estimate of drug-likeness (QED) is 0.517. The highest BCUT2D eigenvalue weighted by Crippen LogP contribution is 2.37. The number of amides is 3. The Morgan fingerprint density at radius 2 is 1.12 bits per heavy atom. The van der Waals surface area contributed by atoms with Gasteiger partial charge in [-0.1, -0.05) is 30.3 Å². The number of nitriles is 2. The van der Waals surface area contributed by atoms with Crippen molar-refractivity contribution in [1.82, 2.24) is 9.80 Å². The maximum atomic E-state index is 13.3. The van der Waals surface area contributed by atoms with Gasteiger partial charge in [0.2, 0.25) is 11.6 Å². The fourth-order valence-electron chi connectivity index (χ4n) is 4.18. The van der Waals surface area contributed by atoms with Gasteiger partial charge in [0.1, 0.15) is 34.7 Å². The van der Waals surface area contributed by atoms with E-state index < -0.39 is 51.8 Å². The summed E-state index contributed by atoms with van der Waals surface area (Å²) in [5.41, 5.74) is -1.96. The van der Waals surface area contributed by atoms with E-state index in [2.05, 4.69) is 0 Å². The number of fused-ring (bicyclic) bond motifs is 2. The first-order valence-corrected chi connectivity index (χ1v) is 9.66. The third-order valence-corrected chi connectivity index (χ3v) is 5.69. The summed E-state index contributed by atoms with van der Waals surface area (Å²) in [4.78, 5) is 67.5. The van der Waals surface area contributed by atoms with Gasteiger partial charge < -0.3 is 0 Å². The minimum atomic E-state index is -1.15. The second-order valence-electron chi connectivity index (χ2n) is 7.37. The Hall–Kier alpha value is -5.15. The van der Waals surface area contributed by atoms with Gasteiger partial charge in [0, 0.05) is 5.56 Å². The first kappa shape index (κ1) is 19.8. The normalized spacial score (nSPS) is 17.5. The number of ketones is 2. The number of nitrogens with zero attached hydrogens (tertiary/aromatic N) is 4. The van der Waals surface area contributed by atoms with Crippen LogP contribution in [0.15, 0.2) is 71.1 Å². The van der Waals surface area contributed by atoms with Gasteiger partial charge in [-0.25, -0.2) is 4.90 Å². The Morgan fingerprint density at radius 3 is 1.64 bits per heavy atom. The minimum absolute atomic E-state index is 0.0131. The van der Waals surface area contributed by atoms with E-state index in [4.69, 9.17) is 0 Å². The summed E-state index contributed by atoms with van der Waals surface area (Å²) in [5, 5.41) is 18.9. The monoisotopic (exact) mass is 434 g/mol. The Morgan fingerprint density at radius 1 is 0.636 bits per heavy atom. The molecule has 0 fully saturated rings. The standard InChI is InChI=1S/C24H10N4O5/c25-9-16-17(10-26)21(30)19(28-23(32)14-7-3-4-8-15(14)24(28)33)18(20(16)29)27-11-12-5-1-2-6-13(12)22(27)31/h1-8H,11H2. The summed E-state index contributed by atoms with van der Waals surface area (Å²) in [7, 11) is 0. The molecular weight excluding hydrogens is 424 g/mol. The van der Waals surface area contributed by atoms with Gasteiger partial charge in [-0.05, 0) is 23.8 Å². The molecule has 9 heteroatoms. The number of rotatable bonds is 2. The molecule has 2 aromatic carbocycles. The molecule has 0 unspecified atom stereocenters. The van der Waals surface area contributed by atoms with Crippen LogP contribution in [0, 0.1) is 22.7 Å². The molecular formula is C24H10N4O5. The first-order valence-electron chi connectivity index (χ1n) is 9.66. The summed E-state index contributed by atoms with van der Waals surface area (Å²) < 4.78 is 0. The van der Waals surface area contributed by atoms with Crippen molar-refractivity contribution in [3.8, 4) is 12.1 Å². The highest BCUT2D eigenvalue weighted by Gasteiger charge is 2.49. The molecule has 0 N–H and O–H groups in total.